The predicted octanol–water partition coefficient (Wildman–Crippen LogP) is 2.20. The van der Waals surface area contributed by atoms with Gasteiger partial charge in [-0.25, -0.2) is 4.79 Å². The molecule has 4 nitrogen and oxygen atoms in total. The normalized spacial score (nSPS) is 12.0. The number of aryl methyl sites for hydroxylation is 3. The first kappa shape index (κ1) is 14.2. The van der Waals surface area contributed by atoms with E-state index in [1.54, 1.807) is 6.92 Å². The molecule has 98 valence electrons. The van der Waals surface area contributed by atoms with Gasteiger partial charge in [0, 0.05) is 5.56 Å². The van der Waals surface area contributed by atoms with Gasteiger partial charge in [0.05, 0.1) is 0 Å². The monoisotopic (exact) mass is 249 g/mol. The molecule has 1 unspecified atom stereocenters. The zero-order chi connectivity index (χ0) is 13.9. The van der Waals surface area contributed by atoms with Crippen molar-refractivity contribution in [1.29, 1.82) is 0 Å². The van der Waals surface area contributed by atoms with E-state index in [0.29, 0.717) is 12.0 Å². The number of carbonyl (C=O) groups excluding carboxylic acids is 1. The van der Waals surface area contributed by atoms with Crippen LogP contribution >= 0.6 is 0 Å². The highest BCUT2D eigenvalue weighted by molar-refractivity contribution is 5.99. The number of hydrogen-bond acceptors (Lipinski definition) is 2. The molecule has 0 saturated heterocycles. The summed E-state index contributed by atoms with van der Waals surface area (Å²) in [7, 11) is 0. The molecular formula is C14H19NO3. The molecule has 0 saturated carbocycles. The minimum absolute atomic E-state index is 0.320. The first-order valence-electron chi connectivity index (χ1n) is 5.98. The lowest BCUT2D eigenvalue weighted by atomic mass is 9.99. The quantitative estimate of drug-likeness (QED) is 0.859. The molecular weight excluding hydrogens is 230 g/mol. The molecule has 1 amide bonds. The molecule has 4 heteroatoms. The van der Waals surface area contributed by atoms with Gasteiger partial charge in [0.2, 0.25) is 0 Å². The third-order valence-electron chi connectivity index (χ3n) is 2.92. The van der Waals surface area contributed by atoms with Gasteiger partial charge in [-0.15, -0.1) is 0 Å². The highest BCUT2D eigenvalue weighted by atomic mass is 16.4. The molecule has 0 aliphatic heterocycles. The third kappa shape index (κ3) is 3.09. The van der Waals surface area contributed by atoms with Gasteiger partial charge in [0.25, 0.3) is 5.91 Å². The van der Waals surface area contributed by atoms with E-state index in [0.717, 1.165) is 16.7 Å². The molecule has 0 heterocycles. The Morgan fingerprint density at radius 3 is 2.11 bits per heavy atom. The molecule has 0 aliphatic carbocycles. The van der Waals surface area contributed by atoms with E-state index in [-0.39, 0.29) is 5.91 Å². The van der Waals surface area contributed by atoms with Crippen molar-refractivity contribution < 1.29 is 14.7 Å². The summed E-state index contributed by atoms with van der Waals surface area (Å²) >= 11 is 0. The molecule has 18 heavy (non-hydrogen) atoms. The molecule has 2 N–H and O–H groups in total. The zero-order valence-electron chi connectivity index (χ0n) is 11.2. The largest absolute Gasteiger partial charge is 0.480 e. The number of carboxylic acid groups (broad SMARTS) is 1. The lowest BCUT2D eigenvalue weighted by Gasteiger charge is -2.15. The minimum atomic E-state index is -1.01. The Balaban J connectivity index is 3.01. The van der Waals surface area contributed by atoms with Crippen LogP contribution in [-0.4, -0.2) is 23.0 Å². The summed E-state index contributed by atoms with van der Waals surface area (Å²) in [4.78, 5) is 23.0. The summed E-state index contributed by atoms with van der Waals surface area (Å²) in [5, 5.41) is 11.5. The van der Waals surface area contributed by atoms with Gasteiger partial charge in [-0.1, -0.05) is 24.6 Å². The Morgan fingerprint density at radius 2 is 1.72 bits per heavy atom. The van der Waals surface area contributed by atoms with Crippen molar-refractivity contribution in [1.82, 2.24) is 5.32 Å². The molecule has 1 aromatic carbocycles. The van der Waals surface area contributed by atoms with Gasteiger partial charge in [-0.2, -0.15) is 0 Å². The number of amides is 1. The fourth-order valence-corrected chi connectivity index (χ4v) is 2.11. The first-order chi connectivity index (χ1) is 8.36. The minimum Gasteiger partial charge on any atom is -0.480 e. The predicted molar refractivity (Wildman–Crippen MR) is 69.8 cm³/mol. The Morgan fingerprint density at radius 1 is 1.22 bits per heavy atom. The van der Waals surface area contributed by atoms with E-state index in [2.05, 4.69) is 5.32 Å². The second-order valence-corrected chi connectivity index (χ2v) is 4.55. The van der Waals surface area contributed by atoms with E-state index < -0.39 is 12.0 Å². The zero-order valence-corrected chi connectivity index (χ0v) is 11.2. The van der Waals surface area contributed by atoms with Crippen molar-refractivity contribution in [3.63, 3.8) is 0 Å². The Bertz CT molecular complexity index is 457. The number of nitrogens with one attached hydrogen (secondary N) is 1. The SMILES string of the molecule is CCC(NC(=O)c1c(C)cc(C)cc1C)C(=O)O. The number of rotatable bonds is 4. The number of carbonyl (C=O) groups is 2. The molecule has 1 rings (SSSR count). The fourth-order valence-electron chi connectivity index (χ4n) is 2.11. The second-order valence-electron chi connectivity index (χ2n) is 4.55. The van der Waals surface area contributed by atoms with Crippen LogP contribution in [0.25, 0.3) is 0 Å². The van der Waals surface area contributed by atoms with Crippen LogP contribution in [0.15, 0.2) is 12.1 Å². The van der Waals surface area contributed by atoms with E-state index in [1.165, 1.54) is 0 Å². The standard InChI is InChI=1S/C14H19NO3/c1-5-11(14(17)18)15-13(16)12-9(3)6-8(2)7-10(12)4/h6-7,11H,5H2,1-4H3,(H,15,16)(H,17,18). The summed E-state index contributed by atoms with van der Waals surface area (Å²) in [6.07, 6.45) is 0.366. The number of hydrogen-bond donors (Lipinski definition) is 2. The summed E-state index contributed by atoms with van der Waals surface area (Å²) in [5.74, 6) is -1.33. The topological polar surface area (TPSA) is 66.4 Å². The van der Waals surface area contributed by atoms with Crippen LogP contribution in [0.3, 0.4) is 0 Å². The van der Waals surface area contributed by atoms with Gasteiger partial charge in [-0.05, 0) is 38.3 Å². The maximum atomic E-state index is 12.1. The van der Waals surface area contributed by atoms with Crippen molar-refractivity contribution in [3.8, 4) is 0 Å². The fraction of sp³-hybridized carbons (Fsp3) is 0.429. The molecule has 0 radical (unpaired) electrons. The van der Waals surface area contributed by atoms with Crippen molar-refractivity contribution in [3.05, 3.63) is 34.4 Å². The average molecular weight is 249 g/mol. The van der Waals surface area contributed by atoms with Gasteiger partial charge in [0.15, 0.2) is 0 Å². The molecule has 0 fully saturated rings. The second kappa shape index (κ2) is 5.67. The third-order valence-corrected chi connectivity index (χ3v) is 2.92. The Labute approximate surface area is 107 Å². The highest BCUT2D eigenvalue weighted by Crippen LogP contribution is 2.16. The van der Waals surface area contributed by atoms with Crippen molar-refractivity contribution >= 4 is 11.9 Å². The molecule has 1 atom stereocenters. The smallest absolute Gasteiger partial charge is 0.326 e. The van der Waals surface area contributed by atoms with Crippen LogP contribution in [0.4, 0.5) is 0 Å². The summed E-state index contributed by atoms with van der Waals surface area (Å²) in [6, 6.07) is 3.00. The van der Waals surface area contributed by atoms with Crippen molar-refractivity contribution in [2.75, 3.05) is 0 Å². The molecule has 1 aromatic rings. The van der Waals surface area contributed by atoms with Crippen molar-refractivity contribution in [2.45, 2.75) is 40.2 Å². The number of carboxylic acids is 1. The van der Waals surface area contributed by atoms with E-state index in [9.17, 15) is 9.59 Å². The van der Waals surface area contributed by atoms with Gasteiger partial charge >= 0.3 is 5.97 Å². The molecule has 0 spiro atoms. The van der Waals surface area contributed by atoms with Gasteiger partial charge in [0.1, 0.15) is 6.04 Å². The first-order valence-corrected chi connectivity index (χ1v) is 5.98. The Kier molecular flexibility index (Phi) is 4.48. The van der Waals surface area contributed by atoms with Crippen LogP contribution < -0.4 is 5.32 Å². The van der Waals surface area contributed by atoms with E-state index >= 15 is 0 Å². The lowest BCUT2D eigenvalue weighted by Crippen LogP contribution is -2.40. The van der Waals surface area contributed by atoms with Crippen LogP contribution in [0.5, 0.6) is 0 Å². The van der Waals surface area contributed by atoms with Crippen molar-refractivity contribution in [2.24, 2.45) is 0 Å². The van der Waals surface area contributed by atoms with Gasteiger partial charge in [-0.3, -0.25) is 4.79 Å². The van der Waals surface area contributed by atoms with Crippen LogP contribution in [0.1, 0.15) is 40.4 Å². The summed E-state index contributed by atoms with van der Waals surface area (Å²) in [5.41, 5.74) is 3.39. The van der Waals surface area contributed by atoms with E-state index in [1.807, 2.05) is 32.9 Å². The average Bonchev–Trinajstić information content (AvgIpc) is 2.23. The van der Waals surface area contributed by atoms with Gasteiger partial charge < -0.3 is 10.4 Å². The number of aliphatic carboxylic acids is 1. The summed E-state index contributed by atoms with van der Waals surface area (Å²) in [6.45, 7) is 7.41. The summed E-state index contributed by atoms with van der Waals surface area (Å²) < 4.78 is 0. The molecule has 0 aliphatic rings. The van der Waals surface area contributed by atoms with Crippen LogP contribution in [0, 0.1) is 20.8 Å². The maximum Gasteiger partial charge on any atom is 0.326 e. The molecule has 0 bridgehead atoms. The molecule has 0 aromatic heterocycles. The Hall–Kier alpha value is -1.84. The van der Waals surface area contributed by atoms with Crippen LogP contribution in [-0.2, 0) is 4.79 Å². The lowest BCUT2D eigenvalue weighted by molar-refractivity contribution is -0.139. The van der Waals surface area contributed by atoms with E-state index in [4.69, 9.17) is 5.11 Å². The maximum absolute atomic E-state index is 12.1. The highest BCUT2D eigenvalue weighted by Gasteiger charge is 2.20. The van der Waals surface area contributed by atoms with Crippen LogP contribution in [0.2, 0.25) is 0 Å². The number of benzene rings is 1.